The summed E-state index contributed by atoms with van der Waals surface area (Å²) < 4.78 is 7.45. The zero-order valence-corrected chi connectivity index (χ0v) is 9.42. The first-order valence-electron chi connectivity index (χ1n) is 4.91. The van der Waals surface area contributed by atoms with Gasteiger partial charge in [0.1, 0.15) is 6.73 Å². The van der Waals surface area contributed by atoms with Crippen molar-refractivity contribution >= 4 is 0 Å². The molecule has 1 N–H and O–H groups in total. The monoisotopic (exact) mass is 197 g/mol. The van der Waals surface area contributed by atoms with Gasteiger partial charge in [0.05, 0.1) is 13.2 Å². The lowest BCUT2D eigenvalue weighted by Crippen LogP contribution is -2.08. The Bertz CT molecular complexity index is 290. The summed E-state index contributed by atoms with van der Waals surface area (Å²) in [6.07, 6.45) is 0. The summed E-state index contributed by atoms with van der Waals surface area (Å²) >= 11 is 0. The Morgan fingerprint density at radius 2 is 1.57 bits per heavy atom. The summed E-state index contributed by atoms with van der Waals surface area (Å²) in [4.78, 5) is 0. The first-order chi connectivity index (χ1) is 6.59. The zero-order chi connectivity index (χ0) is 10.7. The molecule has 14 heavy (non-hydrogen) atoms. The van der Waals surface area contributed by atoms with Crippen LogP contribution in [0.25, 0.3) is 0 Å². The number of aliphatic hydroxyl groups is 1. The first-order valence-corrected chi connectivity index (χ1v) is 4.91. The average molecular weight is 197 g/mol. The van der Waals surface area contributed by atoms with Gasteiger partial charge in [-0.2, -0.15) is 0 Å². The quantitative estimate of drug-likeness (QED) is 0.745. The minimum Gasteiger partial charge on any atom is -0.394 e. The van der Waals surface area contributed by atoms with Gasteiger partial charge in [-0.1, -0.05) is 0 Å². The SMILES string of the molecule is Cc1c(C)c(C)n(COCCO)c1C. The zero-order valence-electron chi connectivity index (χ0n) is 9.42. The molecule has 3 nitrogen and oxygen atoms in total. The molecule has 0 spiro atoms. The van der Waals surface area contributed by atoms with Crippen LogP contribution in [0.2, 0.25) is 0 Å². The Kier molecular flexibility index (Phi) is 3.72. The van der Waals surface area contributed by atoms with E-state index in [2.05, 4.69) is 32.3 Å². The molecular weight excluding hydrogens is 178 g/mol. The van der Waals surface area contributed by atoms with Crippen LogP contribution in [0.3, 0.4) is 0 Å². The molecule has 3 heteroatoms. The summed E-state index contributed by atoms with van der Waals surface area (Å²) in [6.45, 7) is 9.45. The normalized spacial score (nSPS) is 10.9. The minimum absolute atomic E-state index is 0.0807. The molecule has 1 aromatic rings. The Morgan fingerprint density at radius 3 is 2.00 bits per heavy atom. The standard InChI is InChI=1S/C11H19NO2/c1-8-9(2)11(4)12(10(8)3)7-14-6-5-13/h13H,5-7H2,1-4H3. The van der Waals surface area contributed by atoms with Crippen LogP contribution in [0.5, 0.6) is 0 Å². The molecule has 0 fully saturated rings. The topological polar surface area (TPSA) is 34.4 Å². The highest BCUT2D eigenvalue weighted by Crippen LogP contribution is 2.19. The van der Waals surface area contributed by atoms with Crippen molar-refractivity contribution in [1.82, 2.24) is 4.57 Å². The van der Waals surface area contributed by atoms with Crippen LogP contribution in [0.15, 0.2) is 0 Å². The van der Waals surface area contributed by atoms with Crippen LogP contribution < -0.4 is 0 Å². The van der Waals surface area contributed by atoms with Gasteiger partial charge in [0.25, 0.3) is 0 Å². The van der Waals surface area contributed by atoms with Crippen molar-refractivity contribution in [2.75, 3.05) is 13.2 Å². The summed E-state index contributed by atoms with van der Waals surface area (Å²) in [5, 5.41) is 8.61. The number of aromatic nitrogens is 1. The van der Waals surface area contributed by atoms with E-state index in [4.69, 9.17) is 9.84 Å². The van der Waals surface area contributed by atoms with Gasteiger partial charge in [0.2, 0.25) is 0 Å². The molecule has 0 aliphatic rings. The van der Waals surface area contributed by atoms with Crippen molar-refractivity contribution in [3.05, 3.63) is 22.5 Å². The van der Waals surface area contributed by atoms with Crippen molar-refractivity contribution in [2.45, 2.75) is 34.4 Å². The second-order valence-electron chi connectivity index (χ2n) is 3.61. The van der Waals surface area contributed by atoms with Crippen molar-refractivity contribution < 1.29 is 9.84 Å². The fourth-order valence-corrected chi connectivity index (χ4v) is 1.61. The molecule has 1 rings (SSSR count). The fourth-order valence-electron chi connectivity index (χ4n) is 1.61. The largest absolute Gasteiger partial charge is 0.394 e. The third-order valence-corrected chi connectivity index (χ3v) is 2.91. The number of aliphatic hydroxyl groups excluding tert-OH is 1. The Morgan fingerprint density at radius 1 is 1.07 bits per heavy atom. The highest BCUT2D eigenvalue weighted by Gasteiger charge is 2.10. The third-order valence-electron chi connectivity index (χ3n) is 2.91. The number of hydrogen-bond acceptors (Lipinski definition) is 2. The van der Waals surface area contributed by atoms with Gasteiger partial charge in [0, 0.05) is 11.4 Å². The molecule has 1 aromatic heterocycles. The molecule has 0 saturated heterocycles. The van der Waals surface area contributed by atoms with E-state index in [0.29, 0.717) is 13.3 Å². The predicted octanol–water partition coefficient (Wildman–Crippen LogP) is 1.69. The van der Waals surface area contributed by atoms with Crippen molar-refractivity contribution in [3.8, 4) is 0 Å². The molecule has 1 heterocycles. The van der Waals surface area contributed by atoms with E-state index in [-0.39, 0.29) is 6.61 Å². The maximum absolute atomic E-state index is 8.61. The van der Waals surface area contributed by atoms with E-state index in [0.717, 1.165) is 0 Å². The molecule has 80 valence electrons. The average Bonchev–Trinajstić information content (AvgIpc) is 2.35. The van der Waals surface area contributed by atoms with Crippen LogP contribution in [0.1, 0.15) is 22.5 Å². The van der Waals surface area contributed by atoms with Gasteiger partial charge in [-0.15, -0.1) is 0 Å². The van der Waals surface area contributed by atoms with Gasteiger partial charge in [-0.3, -0.25) is 0 Å². The third kappa shape index (κ3) is 1.99. The van der Waals surface area contributed by atoms with Crippen LogP contribution >= 0.6 is 0 Å². The van der Waals surface area contributed by atoms with Crippen LogP contribution in [0.4, 0.5) is 0 Å². The van der Waals surface area contributed by atoms with E-state index in [9.17, 15) is 0 Å². The van der Waals surface area contributed by atoms with Gasteiger partial charge in [-0.05, 0) is 38.8 Å². The number of hydrogen-bond donors (Lipinski definition) is 1. The Labute approximate surface area is 85.3 Å². The molecule has 0 aliphatic heterocycles. The molecule has 0 amide bonds. The molecule has 0 saturated carbocycles. The summed E-state index contributed by atoms with van der Waals surface area (Å²) in [6, 6.07) is 0. The number of nitrogens with zero attached hydrogens (tertiary/aromatic N) is 1. The maximum Gasteiger partial charge on any atom is 0.122 e. The van der Waals surface area contributed by atoms with Crippen molar-refractivity contribution in [2.24, 2.45) is 0 Å². The Balaban J connectivity index is 2.81. The highest BCUT2D eigenvalue weighted by atomic mass is 16.5. The van der Waals surface area contributed by atoms with E-state index in [1.807, 2.05) is 0 Å². The fraction of sp³-hybridized carbons (Fsp3) is 0.636. The van der Waals surface area contributed by atoms with Crippen molar-refractivity contribution in [1.29, 1.82) is 0 Å². The maximum atomic E-state index is 8.61. The Hall–Kier alpha value is -0.800. The number of rotatable bonds is 4. The van der Waals surface area contributed by atoms with Crippen LogP contribution in [0, 0.1) is 27.7 Å². The minimum atomic E-state index is 0.0807. The summed E-state index contributed by atoms with van der Waals surface area (Å²) in [7, 11) is 0. The second-order valence-corrected chi connectivity index (χ2v) is 3.61. The van der Waals surface area contributed by atoms with Crippen LogP contribution in [-0.2, 0) is 11.5 Å². The smallest absolute Gasteiger partial charge is 0.122 e. The van der Waals surface area contributed by atoms with Crippen LogP contribution in [-0.4, -0.2) is 22.9 Å². The summed E-state index contributed by atoms with van der Waals surface area (Å²) in [5.74, 6) is 0. The first kappa shape index (κ1) is 11.3. The molecule has 0 unspecified atom stereocenters. The molecular formula is C11H19NO2. The lowest BCUT2D eigenvalue weighted by atomic mass is 10.2. The van der Waals surface area contributed by atoms with E-state index in [1.54, 1.807) is 0 Å². The lowest BCUT2D eigenvalue weighted by molar-refractivity contribution is 0.0465. The second kappa shape index (κ2) is 4.62. The van der Waals surface area contributed by atoms with Gasteiger partial charge >= 0.3 is 0 Å². The summed E-state index contributed by atoms with van der Waals surface area (Å²) in [5.41, 5.74) is 5.15. The van der Waals surface area contributed by atoms with E-state index in [1.165, 1.54) is 22.5 Å². The molecule has 0 radical (unpaired) electrons. The van der Waals surface area contributed by atoms with Crippen molar-refractivity contribution in [3.63, 3.8) is 0 Å². The van der Waals surface area contributed by atoms with Gasteiger partial charge < -0.3 is 14.4 Å². The van der Waals surface area contributed by atoms with Gasteiger partial charge in [0.15, 0.2) is 0 Å². The van der Waals surface area contributed by atoms with Gasteiger partial charge in [-0.25, -0.2) is 0 Å². The van der Waals surface area contributed by atoms with E-state index >= 15 is 0 Å². The predicted molar refractivity (Wildman–Crippen MR) is 56.4 cm³/mol. The number of ether oxygens (including phenoxy) is 1. The molecule has 0 atom stereocenters. The lowest BCUT2D eigenvalue weighted by Gasteiger charge is -2.09. The van der Waals surface area contributed by atoms with E-state index < -0.39 is 0 Å². The molecule has 0 aromatic carbocycles. The molecule has 0 aliphatic carbocycles. The highest BCUT2D eigenvalue weighted by molar-refractivity contribution is 5.35. The molecule has 0 bridgehead atoms.